The molecule has 0 spiro atoms. The second-order valence-electron chi connectivity index (χ2n) is 14.7. The molecule has 0 aliphatic rings. The summed E-state index contributed by atoms with van der Waals surface area (Å²) in [6.07, 6.45) is 57.5. The Kier molecular flexibility index (Phi) is 43.1. The fraction of sp³-hybridized carbons (Fsp3) is 0.809. The minimum absolute atomic E-state index is 0.172. The van der Waals surface area contributed by atoms with Gasteiger partial charge in [0.05, 0.1) is 13.2 Å². The molecule has 0 aromatic carbocycles. The Morgan fingerprint density at radius 3 is 1.33 bits per heavy atom. The summed E-state index contributed by atoms with van der Waals surface area (Å²) in [7, 11) is 0. The van der Waals surface area contributed by atoms with Gasteiger partial charge < -0.3 is 14.6 Å². The Hall–Kier alpha value is -1.65. The predicted octanol–water partition coefficient (Wildman–Crippen LogP) is 14.7. The Morgan fingerprint density at radius 1 is 0.490 bits per heavy atom. The van der Waals surface area contributed by atoms with Crippen molar-refractivity contribution in [3.63, 3.8) is 0 Å². The van der Waals surface area contributed by atoms with Crippen LogP contribution in [0.5, 0.6) is 0 Å². The van der Waals surface area contributed by atoms with Crippen LogP contribution in [0.15, 0.2) is 48.6 Å². The molecule has 0 aliphatic carbocycles. The van der Waals surface area contributed by atoms with Gasteiger partial charge in [0.15, 0.2) is 0 Å². The molecule has 4 heteroatoms. The highest BCUT2D eigenvalue weighted by molar-refractivity contribution is 5.69. The van der Waals surface area contributed by atoms with Crippen molar-refractivity contribution in [2.75, 3.05) is 19.8 Å². The summed E-state index contributed by atoms with van der Waals surface area (Å²) in [5.74, 6) is -0.201. The van der Waals surface area contributed by atoms with E-state index in [9.17, 15) is 9.90 Å². The number of unbranched alkanes of at least 4 members (excludes halogenated alkanes) is 25. The molecular weight excluding hydrogens is 629 g/mol. The highest BCUT2D eigenvalue weighted by Gasteiger charge is 2.13. The van der Waals surface area contributed by atoms with Crippen molar-refractivity contribution < 1.29 is 19.4 Å². The maximum Gasteiger partial charge on any atom is 0.306 e. The molecule has 0 radical (unpaired) electrons. The number of rotatable bonds is 41. The number of esters is 1. The van der Waals surface area contributed by atoms with Crippen molar-refractivity contribution in [1.29, 1.82) is 0 Å². The average Bonchev–Trinajstić information content (AvgIpc) is 3.14. The third-order valence-corrected chi connectivity index (χ3v) is 9.67. The Balaban J connectivity index is 3.42. The van der Waals surface area contributed by atoms with Gasteiger partial charge in [-0.3, -0.25) is 4.79 Å². The molecule has 0 aliphatic heterocycles. The van der Waals surface area contributed by atoms with Crippen LogP contribution in [-0.2, 0) is 14.3 Å². The Labute approximate surface area is 318 Å². The Morgan fingerprint density at radius 2 is 0.882 bits per heavy atom. The van der Waals surface area contributed by atoms with E-state index in [2.05, 4.69) is 62.5 Å². The first-order chi connectivity index (χ1) is 25.2. The minimum atomic E-state index is -0.536. The first-order valence-electron chi connectivity index (χ1n) is 22.2. The van der Waals surface area contributed by atoms with Gasteiger partial charge in [-0.05, 0) is 51.4 Å². The number of carbonyl (C=O) groups is 1. The topological polar surface area (TPSA) is 55.8 Å². The largest absolute Gasteiger partial charge is 0.457 e. The summed E-state index contributed by atoms with van der Waals surface area (Å²) in [6.45, 7) is 5.24. The maximum atomic E-state index is 12.2. The molecule has 0 rings (SSSR count). The molecular formula is C47H86O4. The Bertz CT molecular complexity index is 798. The fourth-order valence-electron chi connectivity index (χ4n) is 6.38. The van der Waals surface area contributed by atoms with Crippen molar-refractivity contribution in [3.8, 4) is 0 Å². The number of aliphatic hydroxyl groups excluding tert-OH is 1. The van der Waals surface area contributed by atoms with Crippen LogP contribution in [-0.4, -0.2) is 37.0 Å². The molecule has 4 nitrogen and oxygen atoms in total. The highest BCUT2D eigenvalue weighted by Crippen LogP contribution is 2.15. The molecule has 0 saturated heterocycles. The van der Waals surface area contributed by atoms with Gasteiger partial charge in [0, 0.05) is 13.0 Å². The number of ether oxygens (including phenoxy) is 2. The molecule has 1 unspecified atom stereocenters. The lowest BCUT2D eigenvalue weighted by Crippen LogP contribution is -2.27. The summed E-state index contributed by atoms with van der Waals surface area (Å²) < 4.78 is 11.2. The standard InChI is InChI=1S/C47H86O4/c1-3-5-7-9-11-13-15-17-19-21-22-23-24-25-27-29-31-33-35-37-39-41-43-50-45-46(44-48)51-47(49)42-40-38-36-34-32-30-28-26-20-18-16-14-12-10-8-6-4-2/h5,7,11,13,17,19,22-23,46,48H,3-4,6,8-10,12,14-16,18,20-21,24-45H2,1-2H3/b7-5-,13-11-,19-17-,23-22-. The second-order valence-corrected chi connectivity index (χ2v) is 14.7. The molecule has 51 heavy (non-hydrogen) atoms. The second kappa shape index (κ2) is 44.5. The third-order valence-electron chi connectivity index (χ3n) is 9.67. The van der Waals surface area contributed by atoms with Gasteiger partial charge >= 0.3 is 5.97 Å². The quantitative estimate of drug-likeness (QED) is 0.0389. The molecule has 1 N–H and O–H groups in total. The van der Waals surface area contributed by atoms with Crippen LogP contribution in [0.4, 0.5) is 0 Å². The van der Waals surface area contributed by atoms with Gasteiger partial charge in [0.1, 0.15) is 6.10 Å². The maximum absolute atomic E-state index is 12.2. The van der Waals surface area contributed by atoms with Crippen molar-refractivity contribution in [3.05, 3.63) is 48.6 Å². The van der Waals surface area contributed by atoms with Gasteiger partial charge in [-0.15, -0.1) is 0 Å². The zero-order valence-electron chi connectivity index (χ0n) is 34.1. The van der Waals surface area contributed by atoms with E-state index in [0.29, 0.717) is 19.6 Å². The van der Waals surface area contributed by atoms with Gasteiger partial charge in [-0.25, -0.2) is 0 Å². The third kappa shape index (κ3) is 42.7. The van der Waals surface area contributed by atoms with Crippen LogP contribution >= 0.6 is 0 Å². The van der Waals surface area contributed by atoms with Crippen molar-refractivity contribution in [1.82, 2.24) is 0 Å². The van der Waals surface area contributed by atoms with Crippen molar-refractivity contribution in [2.45, 2.75) is 225 Å². The SMILES string of the molecule is CC/C=C\C/C=C\C/C=C\C/C=C\CCCCCCCCCCCOCC(CO)OC(=O)CCCCCCCCCCCCCCCCCCC. The van der Waals surface area contributed by atoms with Gasteiger partial charge in [-0.2, -0.15) is 0 Å². The van der Waals surface area contributed by atoms with Crippen LogP contribution in [0.1, 0.15) is 219 Å². The predicted molar refractivity (Wildman–Crippen MR) is 223 cm³/mol. The van der Waals surface area contributed by atoms with Crippen LogP contribution in [0.2, 0.25) is 0 Å². The molecule has 0 saturated carbocycles. The van der Waals surface area contributed by atoms with Gasteiger partial charge in [0.2, 0.25) is 0 Å². The summed E-state index contributed by atoms with van der Waals surface area (Å²) in [4.78, 5) is 12.2. The first kappa shape index (κ1) is 49.4. The lowest BCUT2D eigenvalue weighted by Gasteiger charge is -2.16. The van der Waals surface area contributed by atoms with Crippen LogP contribution in [0, 0.1) is 0 Å². The normalized spacial score (nSPS) is 12.8. The number of aliphatic hydroxyl groups is 1. The van der Waals surface area contributed by atoms with Crippen LogP contribution < -0.4 is 0 Å². The molecule has 0 aromatic rings. The minimum Gasteiger partial charge on any atom is -0.457 e. The number of allylic oxidation sites excluding steroid dienone is 8. The molecule has 0 aromatic heterocycles. The summed E-state index contributed by atoms with van der Waals surface area (Å²) >= 11 is 0. The summed E-state index contributed by atoms with van der Waals surface area (Å²) in [5.41, 5.74) is 0. The molecule has 0 fully saturated rings. The van der Waals surface area contributed by atoms with Crippen molar-refractivity contribution in [2.24, 2.45) is 0 Å². The van der Waals surface area contributed by atoms with E-state index in [1.165, 1.54) is 154 Å². The fourth-order valence-corrected chi connectivity index (χ4v) is 6.38. The van der Waals surface area contributed by atoms with E-state index in [1.54, 1.807) is 0 Å². The van der Waals surface area contributed by atoms with Crippen LogP contribution in [0.3, 0.4) is 0 Å². The van der Waals surface area contributed by atoms with Gasteiger partial charge in [0.25, 0.3) is 0 Å². The van der Waals surface area contributed by atoms with Crippen molar-refractivity contribution >= 4 is 5.97 Å². The van der Waals surface area contributed by atoms with E-state index in [-0.39, 0.29) is 12.6 Å². The molecule has 0 amide bonds. The zero-order valence-corrected chi connectivity index (χ0v) is 34.1. The molecule has 0 bridgehead atoms. The van der Waals surface area contributed by atoms with Crippen LogP contribution in [0.25, 0.3) is 0 Å². The van der Waals surface area contributed by atoms with E-state index in [0.717, 1.165) is 44.9 Å². The van der Waals surface area contributed by atoms with E-state index in [4.69, 9.17) is 9.47 Å². The molecule has 298 valence electrons. The summed E-state index contributed by atoms with van der Waals surface area (Å²) in [6, 6.07) is 0. The van der Waals surface area contributed by atoms with E-state index in [1.807, 2.05) is 0 Å². The first-order valence-corrected chi connectivity index (χ1v) is 22.2. The molecule has 1 atom stereocenters. The average molecular weight is 715 g/mol. The van der Waals surface area contributed by atoms with E-state index < -0.39 is 6.10 Å². The molecule has 0 heterocycles. The van der Waals surface area contributed by atoms with E-state index >= 15 is 0 Å². The number of hydrogen-bond acceptors (Lipinski definition) is 4. The summed E-state index contributed by atoms with van der Waals surface area (Å²) in [5, 5.41) is 9.61. The monoisotopic (exact) mass is 715 g/mol. The lowest BCUT2D eigenvalue weighted by atomic mass is 10.0. The number of hydrogen-bond donors (Lipinski definition) is 1. The highest BCUT2D eigenvalue weighted by atomic mass is 16.6. The van der Waals surface area contributed by atoms with Gasteiger partial charge in [-0.1, -0.05) is 210 Å². The zero-order chi connectivity index (χ0) is 37.0. The number of carbonyl (C=O) groups excluding carboxylic acids is 1. The smallest absolute Gasteiger partial charge is 0.306 e. The lowest BCUT2D eigenvalue weighted by molar-refractivity contribution is -0.154.